The maximum atomic E-state index is 13.2. The minimum absolute atomic E-state index is 0.0444. The smallest absolute Gasteiger partial charge is 0.268 e. The Morgan fingerprint density at radius 1 is 1.15 bits per heavy atom. The van der Waals surface area contributed by atoms with Gasteiger partial charge in [0.2, 0.25) is 5.91 Å². The van der Waals surface area contributed by atoms with Gasteiger partial charge in [0.25, 0.3) is 5.91 Å². The van der Waals surface area contributed by atoms with E-state index in [-0.39, 0.29) is 23.7 Å². The van der Waals surface area contributed by atoms with Crippen molar-refractivity contribution in [3.63, 3.8) is 0 Å². The number of fused-ring (bicyclic) bond motifs is 1. The average Bonchev–Trinajstić information content (AvgIpc) is 3.10. The summed E-state index contributed by atoms with van der Waals surface area (Å²) in [5.41, 5.74) is 3.01. The molecule has 1 aliphatic rings. The molecule has 1 aliphatic carbocycles. The molecule has 1 aromatic carbocycles. The second kappa shape index (κ2) is 10.3. The van der Waals surface area contributed by atoms with Crippen LogP contribution in [0.2, 0.25) is 0 Å². The first kappa shape index (κ1) is 24.7. The monoisotopic (exact) mass is 453 g/mol. The molecule has 1 unspecified atom stereocenters. The first-order chi connectivity index (χ1) is 15.7. The van der Waals surface area contributed by atoms with Gasteiger partial charge in [-0.3, -0.25) is 14.4 Å². The number of nitrogens with one attached hydrogen (secondary N) is 3. The van der Waals surface area contributed by atoms with Crippen LogP contribution in [0.3, 0.4) is 0 Å². The predicted molar refractivity (Wildman–Crippen MR) is 127 cm³/mol. The standard InChI is InChI=1S/C26H35N3O4/c1-5-6-12-18(24(32)29-20(15-30)17-10-8-7-9-11-17)28-25(33)23-16(2)22-19(27-23)13-26(3,4)14-21(22)31/h7-11,18,20,27,30H,5-6,12-15H2,1-4H3,(H,28,33)(H,29,32)/t18?,20-/m0/s1. The van der Waals surface area contributed by atoms with Gasteiger partial charge in [-0.25, -0.2) is 0 Å². The Morgan fingerprint density at radius 2 is 1.85 bits per heavy atom. The fourth-order valence-electron chi connectivity index (χ4n) is 4.56. The van der Waals surface area contributed by atoms with Gasteiger partial charge in [0, 0.05) is 17.7 Å². The second-order valence-corrected chi connectivity index (χ2v) is 9.74. The highest BCUT2D eigenvalue weighted by molar-refractivity contribution is 6.05. The third-order valence-electron chi connectivity index (χ3n) is 6.30. The number of Topliss-reactive ketones (excluding diaryl/α,β-unsaturated/α-hetero) is 1. The highest BCUT2D eigenvalue weighted by Crippen LogP contribution is 2.36. The van der Waals surface area contributed by atoms with Crippen molar-refractivity contribution in [2.45, 2.75) is 71.9 Å². The van der Waals surface area contributed by atoms with Gasteiger partial charge in [-0.05, 0) is 36.3 Å². The van der Waals surface area contributed by atoms with Crippen molar-refractivity contribution in [2.75, 3.05) is 6.61 Å². The molecule has 1 heterocycles. The molecule has 2 atom stereocenters. The number of unbranched alkanes of at least 4 members (excludes halogenated alkanes) is 1. The molecule has 0 bridgehead atoms. The highest BCUT2D eigenvalue weighted by atomic mass is 16.3. The summed E-state index contributed by atoms with van der Waals surface area (Å²) in [7, 11) is 0. The number of aromatic amines is 1. The zero-order valence-electron chi connectivity index (χ0n) is 20.0. The molecule has 7 nitrogen and oxygen atoms in total. The van der Waals surface area contributed by atoms with E-state index in [0.717, 1.165) is 24.1 Å². The van der Waals surface area contributed by atoms with Gasteiger partial charge in [-0.1, -0.05) is 63.9 Å². The number of hydrogen-bond acceptors (Lipinski definition) is 4. The van der Waals surface area contributed by atoms with E-state index in [4.69, 9.17) is 0 Å². The van der Waals surface area contributed by atoms with Crippen LogP contribution in [-0.2, 0) is 11.2 Å². The van der Waals surface area contributed by atoms with Gasteiger partial charge < -0.3 is 20.7 Å². The van der Waals surface area contributed by atoms with Crippen molar-refractivity contribution in [1.82, 2.24) is 15.6 Å². The van der Waals surface area contributed by atoms with Crippen LogP contribution in [0.1, 0.15) is 90.2 Å². The van der Waals surface area contributed by atoms with Crippen LogP contribution < -0.4 is 10.6 Å². The molecule has 0 fully saturated rings. The van der Waals surface area contributed by atoms with Crippen LogP contribution in [0.15, 0.2) is 30.3 Å². The molecule has 7 heteroatoms. The number of aromatic nitrogens is 1. The normalized spacial score (nSPS) is 16.6. The van der Waals surface area contributed by atoms with E-state index >= 15 is 0 Å². The van der Waals surface area contributed by atoms with Crippen molar-refractivity contribution < 1.29 is 19.5 Å². The van der Waals surface area contributed by atoms with E-state index in [1.165, 1.54) is 0 Å². The van der Waals surface area contributed by atoms with Crippen molar-refractivity contribution in [2.24, 2.45) is 5.41 Å². The molecular formula is C26H35N3O4. The first-order valence-corrected chi connectivity index (χ1v) is 11.7. The van der Waals surface area contributed by atoms with Gasteiger partial charge in [0.15, 0.2) is 5.78 Å². The topological polar surface area (TPSA) is 111 Å². The number of carbonyl (C=O) groups excluding carboxylic acids is 3. The largest absolute Gasteiger partial charge is 0.394 e. The number of H-pyrrole nitrogens is 1. The molecule has 33 heavy (non-hydrogen) atoms. The SMILES string of the molecule is CCCCC(NC(=O)c1[nH]c2c(c1C)C(=O)CC(C)(C)C2)C(=O)N[C@@H](CO)c1ccccc1. The minimum Gasteiger partial charge on any atom is -0.394 e. The molecule has 1 aromatic heterocycles. The number of amides is 2. The lowest BCUT2D eigenvalue weighted by Gasteiger charge is -2.28. The number of benzene rings is 1. The molecular weight excluding hydrogens is 418 g/mol. The van der Waals surface area contributed by atoms with E-state index < -0.39 is 18.0 Å². The van der Waals surface area contributed by atoms with E-state index in [9.17, 15) is 19.5 Å². The molecule has 2 aromatic rings. The summed E-state index contributed by atoms with van der Waals surface area (Å²) in [6, 6.07) is 7.94. The van der Waals surface area contributed by atoms with Crippen LogP contribution in [-0.4, -0.2) is 40.3 Å². The van der Waals surface area contributed by atoms with Crippen LogP contribution in [0, 0.1) is 12.3 Å². The van der Waals surface area contributed by atoms with E-state index in [0.29, 0.717) is 36.1 Å². The predicted octanol–water partition coefficient (Wildman–Crippen LogP) is 3.62. The van der Waals surface area contributed by atoms with Crippen molar-refractivity contribution in [3.8, 4) is 0 Å². The van der Waals surface area contributed by atoms with Gasteiger partial charge >= 0.3 is 0 Å². The van der Waals surface area contributed by atoms with Crippen LogP contribution in [0.4, 0.5) is 0 Å². The molecule has 0 saturated heterocycles. The maximum Gasteiger partial charge on any atom is 0.268 e. The molecule has 0 aliphatic heterocycles. The van der Waals surface area contributed by atoms with Crippen molar-refractivity contribution in [3.05, 3.63) is 58.4 Å². The summed E-state index contributed by atoms with van der Waals surface area (Å²) in [5, 5.41) is 15.5. The Hall–Kier alpha value is -2.93. The Kier molecular flexibility index (Phi) is 7.74. The highest BCUT2D eigenvalue weighted by Gasteiger charge is 2.35. The lowest BCUT2D eigenvalue weighted by molar-refractivity contribution is -0.124. The molecule has 0 radical (unpaired) electrons. The maximum absolute atomic E-state index is 13.2. The van der Waals surface area contributed by atoms with E-state index in [2.05, 4.69) is 15.6 Å². The summed E-state index contributed by atoms with van der Waals surface area (Å²) >= 11 is 0. The van der Waals surface area contributed by atoms with Gasteiger partial charge in [-0.2, -0.15) is 0 Å². The summed E-state index contributed by atoms with van der Waals surface area (Å²) in [4.78, 5) is 42.1. The van der Waals surface area contributed by atoms with Crippen molar-refractivity contribution >= 4 is 17.6 Å². The van der Waals surface area contributed by atoms with Crippen LogP contribution in [0.5, 0.6) is 0 Å². The number of aliphatic hydroxyl groups excluding tert-OH is 1. The number of hydrogen-bond donors (Lipinski definition) is 4. The number of aliphatic hydroxyl groups is 1. The molecule has 178 valence electrons. The van der Waals surface area contributed by atoms with Gasteiger partial charge in [0.1, 0.15) is 11.7 Å². The summed E-state index contributed by atoms with van der Waals surface area (Å²) in [6.07, 6.45) is 3.26. The van der Waals surface area contributed by atoms with Crippen molar-refractivity contribution in [1.29, 1.82) is 0 Å². The van der Waals surface area contributed by atoms with E-state index in [1.54, 1.807) is 6.92 Å². The zero-order chi connectivity index (χ0) is 24.2. The van der Waals surface area contributed by atoms with E-state index in [1.807, 2.05) is 51.1 Å². The minimum atomic E-state index is -0.748. The Labute approximate surface area is 195 Å². The van der Waals surface area contributed by atoms with Gasteiger partial charge in [-0.15, -0.1) is 0 Å². The quantitative estimate of drug-likeness (QED) is 0.465. The third kappa shape index (κ3) is 5.71. The Bertz CT molecular complexity index is 1010. The Morgan fingerprint density at radius 3 is 2.48 bits per heavy atom. The summed E-state index contributed by atoms with van der Waals surface area (Å²) in [6.45, 7) is 7.63. The molecule has 4 N–H and O–H groups in total. The molecule has 3 rings (SSSR count). The fraction of sp³-hybridized carbons (Fsp3) is 0.500. The number of carbonyl (C=O) groups is 3. The summed E-state index contributed by atoms with van der Waals surface area (Å²) in [5.74, 6) is -0.696. The molecule has 2 amide bonds. The fourth-order valence-corrected chi connectivity index (χ4v) is 4.56. The number of ketones is 1. The Balaban J connectivity index is 1.78. The average molecular weight is 454 g/mol. The number of rotatable bonds is 9. The lowest BCUT2D eigenvalue weighted by atomic mass is 9.75. The lowest BCUT2D eigenvalue weighted by Crippen LogP contribution is -2.48. The summed E-state index contributed by atoms with van der Waals surface area (Å²) < 4.78 is 0. The zero-order valence-corrected chi connectivity index (χ0v) is 20.0. The second-order valence-electron chi connectivity index (χ2n) is 9.74. The van der Waals surface area contributed by atoms with Crippen LogP contribution in [0.25, 0.3) is 0 Å². The van der Waals surface area contributed by atoms with Crippen LogP contribution >= 0.6 is 0 Å². The molecule has 0 spiro atoms. The molecule has 0 saturated carbocycles. The van der Waals surface area contributed by atoms with Gasteiger partial charge in [0.05, 0.1) is 12.6 Å². The first-order valence-electron chi connectivity index (χ1n) is 11.7. The third-order valence-corrected chi connectivity index (χ3v) is 6.30.